The Morgan fingerprint density at radius 2 is 1.83 bits per heavy atom. The fraction of sp³-hybridized carbons (Fsp3) is 0.111. The Labute approximate surface area is 142 Å². The van der Waals surface area contributed by atoms with Crippen molar-refractivity contribution in [1.82, 2.24) is 14.4 Å². The Hall–Kier alpha value is -2.54. The van der Waals surface area contributed by atoms with Gasteiger partial charge in [0.25, 0.3) is 0 Å². The van der Waals surface area contributed by atoms with Gasteiger partial charge in [-0.15, -0.1) is 11.3 Å². The maximum absolute atomic E-state index is 9.28. The van der Waals surface area contributed by atoms with E-state index in [0.29, 0.717) is 5.01 Å². The predicted molar refractivity (Wildman–Crippen MR) is 93.6 cm³/mol. The first-order valence-corrected chi connectivity index (χ1v) is 8.39. The van der Waals surface area contributed by atoms with Crippen molar-refractivity contribution >= 4 is 17.0 Å². The number of imidazole rings is 1. The third-order valence-electron chi connectivity index (χ3n) is 3.84. The smallest absolute Gasteiger partial charge is 0.137 e. The van der Waals surface area contributed by atoms with Gasteiger partial charge in [0.2, 0.25) is 0 Å². The molecule has 0 amide bonds. The zero-order valence-corrected chi connectivity index (χ0v) is 13.6. The van der Waals surface area contributed by atoms with Gasteiger partial charge in [-0.3, -0.25) is 0 Å². The van der Waals surface area contributed by atoms with Crippen LogP contribution in [0.2, 0.25) is 0 Å². The minimum Gasteiger partial charge on any atom is -0.392 e. The molecule has 3 aromatic heterocycles. The molecule has 0 aliphatic carbocycles. The highest BCUT2D eigenvalue weighted by Gasteiger charge is 2.08. The molecule has 1 aromatic carbocycles. The number of thiazole rings is 1. The van der Waals surface area contributed by atoms with Gasteiger partial charge in [0.15, 0.2) is 0 Å². The lowest BCUT2D eigenvalue weighted by Gasteiger charge is -1.99. The van der Waals surface area contributed by atoms with Crippen molar-refractivity contribution < 1.29 is 10.2 Å². The summed E-state index contributed by atoms with van der Waals surface area (Å²) in [7, 11) is 0. The van der Waals surface area contributed by atoms with Gasteiger partial charge in [0.1, 0.15) is 10.7 Å². The molecule has 0 aliphatic rings. The third-order valence-corrected chi connectivity index (χ3v) is 4.67. The second kappa shape index (κ2) is 6.16. The molecule has 4 aromatic rings. The summed E-state index contributed by atoms with van der Waals surface area (Å²) in [6.07, 6.45) is 3.95. The molecule has 3 heterocycles. The Balaban J connectivity index is 1.75. The lowest BCUT2D eigenvalue weighted by molar-refractivity contribution is 0.281. The topological polar surface area (TPSA) is 70.7 Å². The fourth-order valence-electron chi connectivity index (χ4n) is 2.63. The molecule has 0 saturated heterocycles. The number of hydrogen-bond donors (Lipinski definition) is 2. The molecule has 4 rings (SSSR count). The molecule has 5 nitrogen and oxygen atoms in total. The molecule has 6 heteroatoms. The highest BCUT2D eigenvalue weighted by molar-refractivity contribution is 7.09. The molecule has 0 atom stereocenters. The number of aromatic nitrogens is 3. The number of hydrogen-bond acceptors (Lipinski definition) is 5. The third kappa shape index (κ3) is 2.71. The standard InChI is InChI=1S/C18H15N3O2S/c22-9-12-2-1-3-13(6-12)15-8-21-7-14(4-5-17(21)19-15)16-11-24-18(10-23)20-16/h1-8,11,22-23H,9-10H2. The summed E-state index contributed by atoms with van der Waals surface area (Å²) in [6, 6.07) is 11.7. The van der Waals surface area contributed by atoms with Crippen LogP contribution in [0.1, 0.15) is 10.6 Å². The van der Waals surface area contributed by atoms with Crippen LogP contribution in [-0.2, 0) is 13.2 Å². The molecule has 120 valence electrons. The summed E-state index contributed by atoms with van der Waals surface area (Å²) in [5, 5.41) is 21.1. The first kappa shape index (κ1) is 15.0. The number of fused-ring (bicyclic) bond motifs is 1. The Morgan fingerprint density at radius 3 is 2.62 bits per heavy atom. The molecule has 0 radical (unpaired) electrons. The monoisotopic (exact) mass is 337 g/mol. The van der Waals surface area contributed by atoms with Crippen LogP contribution in [0.15, 0.2) is 54.2 Å². The van der Waals surface area contributed by atoms with Crippen molar-refractivity contribution in [2.24, 2.45) is 0 Å². The van der Waals surface area contributed by atoms with Crippen molar-refractivity contribution in [3.8, 4) is 22.5 Å². The van der Waals surface area contributed by atoms with E-state index in [1.54, 1.807) is 0 Å². The molecular weight excluding hydrogens is 322 g/mol. The first-order chi connectivity index (χ1) is 11.8. The van der Waals surface area contributed by atoms with Crippen LogP contribution in [0.4, 0.5) is 0 Å². The zero-order valence-electron chi connectivity index (χ0n) is 12.8. The SMILES string of the molecule is OCc1cccc(-c2cn3cc(-c4csc(CO)n4)ccc3n2)c1. The van der Waals surface area contributed by atoms with E-state index >= 15 is 0 Å². The molecule has 0 unspecified atom stereocenters. The predicted octanol–water partition coefficient (Wildman–Crippen LogP) is 3.11. The maximum atomic E-state index is 9.28. The quantitative estimate of drug-likeness (QED) is 0.600. The molecular formula is C18H15N3O2S. The van der Waals surface area contributed by atoms with Gasteiger partial charge in [-0.2, -0.15) is 0 Å². The summed E-state index contributed by atoms with van der Waals surface area (Å²) < 4.78 is 1.97. The van der Waals surface area contributed by atoms with Crippen LogP contribution in [0.25, 0.3) is 28.2 Å². The van der Waals surface area contributed by atoms with Crippen molar-refractivity contribution in [1.29, 1.82) is 0 Å². The van der Waals surface area contributed by atoms with E-state index in [0.717, 1.165) is 33.7 Å². The average molecular weight is 337 g/mol. The van der Waals surface area contributed by atoms with Gasteiger partial charge in [-0.05, 0) is 23.8 Å². The van der Waals surface area contributed by atoms with Crippen LogP contribution in [-0.4, -0.2) is 24.6 Å². The highest BCUT2D eigenvalue weighted by atomic mass is 32.1. The number of aliphatic hydroxyl groups excluding tert-OH is 2. The van der Waals surface area contributed by atoms with E-state index in [-0.39, 0.29) is 13.2 Å². The molecule has 0 bridgehead atoms. The fourth-order valence-corrected chi connectivity index (χ4v) is 3.29. The summed E-state index contributed by atoms with van der Waals surface area (Å²) in [5.74, 6) is 0. The summed E-state index contributed by atoms with van der Waals surface area (Å²) in [6.45, 7) is -0.0221. The van der Waals surface area contributed by atoms with Gasteiger partial charge in [-0.1, -0.05) is 18.2 Å². The Morgan fingerprint density at radius 1 is 0.917 bits per heavy atom. The molecule has 0 aliphatic heterocycles. The second-order valence-electron chi connectivity index (χ2n) is 5.45. The Kier molecular flexibility index (Phi) is 3.86. The molecule has 24 heavy (non-hydrogen) atoms. The van der Waals surface area contributed by atoms with E-state index in [4.69, 9.17) is 5.11 Å². The lowest BCUT2D eigenvalue weighted by atomic mass is 10.1. The normalized spacial score (nSPS) is 11.2. The van der Waals surface area contributed by atoms with Gasteiger partial charge < -0.3 is 14.6 Å². The number of benzene rings is 1. The number of aliphatic hydroxyl groups is 2. The summed E-state index contributed by atoms with van der Waals surface area (Å²) in [5.41, 5.74) is 5.37. The molecule has 0 spiro atoms. The Bertz CT molecular complexity index is 1010. The first-order valence-electron chi connectivity index (χ1n) is 7.51. The van der Waals surface area contributed by atoms with E-state index in [1.165, 1.54) is 11.3 Å². The van der Waals surface area contributed by atoms with Gasteiger partial charge in [-0.25, -0.2) is 9.97 Å². The van der Waals surface area contributed by atoms with Crippen molar-refractivity contribution in [3.05, 3.63) is 64.7 Å². The van der Waals surface area contributed by atoms with E-state index in [2.05, 4.69) is 9.97 Å². The summed E-state index contributed by atoms with van der Waals surface area (Å²) >= 11 is 1.45. The van der Waals surface area contributed by atoms with E-state index < -0.39 is 0 Å². The number of pyridine rings is 1. The largest absolute Gasteiger partial charge is 0.392 e. The number of rotatable bonds is 4. The van der Waals surface area contributed by atoms with Crippen LogP contribution in [0.3, 0.4) is 0 Å². The van der Waals surface area contributed by atoms with Crippen molar-refractivity contribution in [2.45, 2.75) is 13.2 Å². The van der Waals surface area contributed by atoms with Crippen molar-refractivity contribution in [2.75, 3.05) is 0 Å². The maximum Gasteiger partial charge on any atom is 0.137 e. The lowest BCUT2D eigenvalue weighted by Crippen LogP contribution is -1.86. The summed E-state index contributed by atoms with van der Waals surface area (Å²) in [4.78, 5) is 9.04. The van der Waals surface area contributed by atoms with E-state index in [1.807, 2.05) is 58.6 Å². The molecule has 0 fully saturated rings. The van der Waals surface area contributed by atoms with Crippen molar-refractivity contribution in [3.63, 3.8) is 0 Å². The second-order valence-corrected chi connectivity index (χ2v) is 6.40. The van der Waals surface area contributed by atoms with Crippen LogP contribution in [0.5, 0.6) is 0 Å². The minimum atomic E-state index is -0.0384. The van der Waals surface area contributed by atoms with E-state index in [9.17, 15) is 5.11 Å². The average Bonchev–Trinajstić information content (AvgIpc) is 3.27. The van der Waals surface area contributed by atoms with Gasteiger partial charge >= 0.3 is 0 Å². The number of nitrogens with zero attached hydrogens (tertiary/aromatic N) is 3. The van der Waals surface area contributed by atoms with Crippen LogP contribution in [0, 0.1) is 0 Å². The van der Waals surface area contributed by atoms with Gasteiger partial charge in [0, 0.05) is 28.9 Å². The minimum absolute atomic E-state index is 0.0162. The zero-order chi connectivity index (χ0) is 16.5. The van der Waals surface area contributed by atoms with Crippen LogP contribution < -0.4 is 0 Å². The molecule has 2 N–H and O–H groups in total. The van der Waals surface area contributed by atoms with Crippen LogP contribution >= 0.6 is 11.3 Å². The highest BCUT2D eigenvalue weighted by Crippen LogP contribution is 2.25. The molecule has 0 saturated carbocycles. The van der Waals surface area contributed by atoms with Gasteiger partial charge in [0.05, 0.1) is 24.6 Å².